The largest absolute Gasteiger partial charge is 0.504 e. The maximum atomic E-state index is 10.8. The smallest absolute Gasteiger partial charge is 0.360 e. The monoisotopic (exact) mass is 260 g/mol. The number of unbranched alkanes of at least 4 members (excludes halogenated alkanes) is 1. The van der Waals surface area contributed by atoms with Crippen LogP contribution < -0.4 is 0 Å². The highest BCUT2D eigenvalue weighted by molar-refractivity contribution is 5.88. The molecule has 0 fully saturated rings. The van der Waals surface area contributed by atoms with Crippen molar-refractivity contribution >= 4 is 5.97 Å². The average Bonchev–Trinajstić information content (AvgIpc) is 2.79. The van der Waals surface area contributed by atoms with Crippen molar-refractivity contribution in [3.05, 3.63) is 41.7 Å². The third-order valence-corrected chi connectivity index (χ3v) is 2.92. The van der Waals surface area contributed by atoms with E-state index in [0.717, 1.165) is 24.9 Å². The first-order valence-corrected chi connectivity index (χ1v) is 6.23. The molecule has 0 unspecified atom stereocenters. The summed E-state index contributed by atoms with van der Waals surface area (Å²) in [5, 5.41) is 22.1. The van der Waals surface area contributed by atoms with Crippen LogP contribution in [-0.2, 0) is 6.42 Å². The topological polar surface area (TPSA) is 75.4 Å². The lowest BCUT2D eigenvalue weighted by Gasteiger charge is -2.03. The first-order valence-electron chi connectivity index (χ1n) is 6.23. The number of carbonyl (C=O) groups is 1. The van der Waals surface area contributed by atoms with Gasteiger partial charge in [-0.2, -0.15) is 5.10 Å². The summed E-state index contributed by atoms with van der Waals surface area (Å²) in [4.78, 5) is 10.8. The van der Waals surface area contributed by atoms with Crippen molar-refractivity contribution in [1.29, 1.82) is 0 Å². The number of hydrogen-bond donors (Lipinski definition) is 2. The second kappa shape index (κ2) is 5.56. The summed E-state index contributed by atoms with van der Waals surface area (Å²) in [5.41, 5.74) is 1.62. The zero-order valence-corrected chi connectivity index (χ0v) is 10.7. The van der Waals surface area contributed by atoms with Crippen LogP contribution in [0.2, 0.25) is 0 Å². The fourth-order valence-corrected chi connectivity index (χ4v) is 1.85. The van der Waals surface area contributed by atoms with E-state index in [1.165, 1.54) is 16.4 Å². The van der Waals surface area contributed by atoms with Gasteiger partial charge in [0.25, 0.3) is 0 Å². The molecule has 0 bridgehead atoms. The molecule has 100 valence electrons. The van der Waals surface area contributed by atoms with E-state index in [9.17, 15) is 9.90 Å². The van der Waals surface area contributed by atoms with E-state index >= 15 is 0 Å². The first kappa shape index (κ1) is 13.1. The van der Waals surface area contributed by atoms with Gasteiger partial charge in [-0.1, -0.05) is 25.5 Å². The van der Waals surface area contributed by atoms with Gasteiger partial charge in [-0.25, -0.2) is 9.48 Å². The number of rotatable bonds is 5. The van der Waals surface area contributed by atoms with Gasteiger partial charge in [0.2, 0.25) is 5.69 Å². The number of aromatic hydroxyl groups is 1. The van der Waals surface area contributed by atoms with Gasteiger partial charge in [-0.3, -0.25) is 0 Å². The highest BCUT2D eigenvalue weighted by Gasteiger charge is 2.15. The molecule has 0 aliphatic rings. The van der Waals surface area contributed by atoms with Crippen LogP contribution in [0.4, 0.5) is 0 Å². The zero-order valence-electron chi connectivity index (χ0n) is 10.7. The Balaban J connectivity index is 2.22. The molecule has 1 aromatic carbocycles. The Kier molecular flexibility index (Phi) is 3.85. The standard InChI is InChI=1S/C14H16N2O3/c1-2-3-4-10-5-7-11(8-6-10)16-9-12(17)13(15-16)14(18)19/h5-9,17H,2-4H2,1H3,(H,18,19). The fraction of sp³-hybridized carbons (Fsp3) is 0.286. The summed E-state index contributed by atoms with van der Waals surface area (Å²) in [6, 6.07) is 7.71. The molecule has 0 saturated heterocycles. The van der Waals surface area contributed by atoms with Gasteiger partial charge in [0.1, 0.15) is 0 Å². The second-order valence-electron chi connectivity index (χ2n) is 4.38. The lowest BCUT2D eigenvalue weighted by Crippen LogP contribution is -2.01. The van der Waals surface area contributed by atoms with Gasteiger partial charge in [0.15, 0.2) is 5.75 Å². The third-order valence-electron chi connectivity index (χ3n) is 2.92. The van der Waals surface area contributed by atoms with E-state index < -0.39 is 5.97 Å². The van der Waals surface area contributed by atoms with Gasteiger partial charge in [-0.15, -0.1) is 0 Å². The van der Waals surface area contributed by atoms with E-state index in [1.807, 2.05) is 24.3 Å². The van der Waals surface area contributed by atoms with Crippen molar-refractivity contribution in [3.63, 3.8) is 0 Å². The van der Waals surface area contributed by atoms with Crippen molar-refractivity contribution in [3.8, 4) is 11.4 Å². The van der Waals surface area contributed by atoms with Crippen LogP contribution in [0.5, 0.6) is 5.75 Å². The quantitative estimate of drug-likeness (QED) is 0.866. The molecule has 5 nitrogen and oxygen atoms in total. The molecule has 0 amide bonds. The van der Waals surface area contributed by atoms with Crippen LogP contribution in [-0.4, -0.2) is 26.0 Å². The molecule has 0 radical (unpaired) electrons. The Labute approximate surface area is 111 Å². The molecule has 0 spiro atoms. The van der Waals surface area contributed by atoms with Crippen molar-refractivity contribution in [2.24, 2.45) is 0 Å². The lowest BCUT2D eigenvalue weighted by atomic mass is 10.1. The van der Waals surface area contributed by atoms with Gasteiger partial charge in [0.05, 0.1) is 11.9 Å². The van der Waals surface area contributed by atoms with E-state index in [4.69, 9.17) is 5.11 Å². The molecule has 1 aromatic heterocycles. The molecule has 5 heteroatoms. The van der Waals surface area contributed by atoms with Crippen LogP contribution in [0.15, 0.2) is 30.5 Å². The highest BCUT2D eigenvalue weighted by Crippen LogP contribution is 2.18. The van der Waals surface area contributed by atoms with Crippen LogP contribution in [0.25, 0.3) is 5.69 Å². The van der Waals surface area contributed by atoms with Gasteiger partial charge in [0, 0.05) is 0 Å². The van der Waals surface area contributed by atoms with Crippen LogP contribution in [0.3, 0.4) is 0 Å². The minimum absolute atomic E-state index is 0.331. The van der Waals surface area contributed by atoms with Crippen LogP contribution in [0, 0.1) is 0 Å². The molecular weight excluding hydrogens is 244 g/mol. The van der Waals surface area contributed by atoms with Crippen molar-refractivity contribution in [2.45, 2.75) is 26.2 Å². The van der Waals surface area contributed by atoms with E-state index in [0.29, 0.717) is 0 Å². The summed E-state index contributed by atoms with van der Waals surface area (Å²) in [6.45, 7) is 2.15. The van der Waals surface area contributed by atoms with Crippen LogP contribution >= 0.6 is 0 Å². The molecule has 0 atom stereocenters. The summed E-state index contributed by atoms with van der Waals surface area (Å²) >= 11 is 0. The van der Waals surface area contributed by atoms with Crippen LogP contribution in [0.1, 0.15) is 35.8 Å². The average molecular weight is 260 g/mol. The molecule has 1 heterocycles. The summed E-state index contributed by atoms with van der Waals surface area (Å²) in [7, 11) is 0. The number of aromatic carboxylic acids is 1. The Morgan fingerprint density at radius 1 is 1.32 bits per heavy atom. The maximum absolute atomic E-state index is 10.8. The summed E-state index contributed by atoms with van der Waals surface area (Å²) in [6.07, 6.45) is 4.62. The van der Waals surface area contributed by atoms with E-state index in [2.05, 4.69) is 12.0 Å². The van der Waals surface area contributed by atoms with Gasteiger partial charge < -0.3 is 10.2 Å². The number of hydrogen-bond acceptors (Lipinski definition) is 3. The SMILES string of the molecule is CCCCc1ccc(-n2cc(O)c(C(=O)O)n2)cc1. The third kappa shape index (κ3) is 2.93. The Bertz CT molecular complexity index is 573. The minimum atomic E-state index is -1.24. The minimum Gasteiger partial charge on any atom is -0.504 e. The molecule has 2 aromatic rings. The normalized spacial score (nSPS) is 10.6. The molecular formula is C14H16N2O3. The van der Waals surface area contributed by atoms with Crippen molar-refractivity contribution < 1.29 is 15.0 Å². The Morgan fingerprint density at radius 2 is 2.00 bits per heavy atom. The predicted molar refractivity (Wildman–Crippen MR) is 70.8 cm³/mol. The fourth-order valence-electron chi connectivity index (χ4n) is 1.85. The van der Waals surface area contributed by atoms with Crippen molar-refractivity contribution in [1.82, 2.24) is 9.78 Å². The van der Waals surface area contributed by atoms with E-state index in [1.54, 1.807) is 0 Å². The summed E-state index contributed by atoms with van der Waals surface area (Å²) < 4.78 is 1.36. The molecule has 2 N–H and O–H groups in total. The zero-order chi connectivity index (χ0) is 13.8. The first-order chi connectivity index (χ1) is 9.11. The number of aryl methyl sites for hydroxylation is 1. The number of carboxylic acid groups (broad SMARTS) is 1. The molecule has 0 saturated carbocycles. The maximum Gasteiger partial charge on any atom is 0.360 e. The van der Waals surface area contributed by atoms with E-state index in [-0.39, 0.29) is 11.4 Å². The molecule has 0 aliphatic carbocycles. The van der Waals surface area contributed by atoms with Gasteiger partial charge in [-0.05, 0) is 30.5 Å². The predicted octanol–water partition coefficient (Wildman–Crippen LogP) is 2.62. The molecule has 19 heavy (non-hydrogen) atoms. The lowest BCUT2D eigenvalue weighted by molar-refractivity contribution is 0.0687. The Hall–Kier alpha value is -2.30. The molecule has 2 rings (SSSR count). The second-order valence-corrected chi connectivity index (χ2v) is 4.38. The number of nitrogens with zero attached hydrogens (tertiary/aromatic N) is 2. The van der Waals surface area contributed by atoms with Crippen molar-refractivity contribution in [2.75, 3.05) is 0 Å². The number of aromatic nitrogens is 2. The Morgan fingerprint density at radius 3 is 2.53 bits per heavy atom. The highest BCUT2D eigenvalue weighted by atomic mass is 16.4. The summed E-state index contributed by atoms with van der Waals surface area (Å²) in [5.74, 6) is -1.57. The number of benzene rings is 1. The number of carboxylic acids is 1. The van der Waals surface area contributed by atoms with Gasteiger partial charge >= 0.3 is 5.97 Å². The molecule has 0 aliphatic heterocycles.